The molecule has 1 N–H and O–H groups in total. The summed E-state index contributed by atoms with van der Waals surface area (Å²) in [5.74, 6) is 0.573. The van der Waals surface area contributed by atoms with Gasteiger partial charge >= 0.3 is 0 Å². The van der Waals surface area contributed by atoms with E-state index in [9.17, 15) is 9.59 Å². The number of nitrogens with zero attached hydrogens (tertiary/aromatic N) is 1. The van der Waals surface area contributed by atoms with Crippen molar-refractivity contribution in [3.63, 3.8) is 0 Å². The predicted octanol–water partition coefficient (Wildman–Crippen LogP) is 1.20. The van der Waals surface area contributed by atoms with E-state index < -0.39 is 6.04 Å². The second kappa shape index (κ2) is 5.60. The van der Waals surface area contributed by atoms with Crippen LogP contribution in [0.2, 0.25) is 0 Å². The third kappa shape index (κ3) is 2.63. The molecule has 2 amide bonds. The van der Waals surface area contributed by atoms with E-state index >= 15 is 0 Å². The minimum absolute atomic E-state index is 0.0985. The molecule has 2 aliphatic heterocycles. The van der Waals surface area contributed by atoms with Gasteiger partial charge in [0.15, 0.2) is 0 Å². The molecule has 110 valence electrons. The molecule has 1 aromatic rings. The maximum absolute atomic E-state index is 12.7. The number of nitrogens with one attached hydrogen (secondary N) is 1. The van der Waals surface area contributed by atoms with Crippen molar-refractivity contribution in [2.45, 2.75) is 19.4 Å². The minimum Gasteiger partial charge on any atom is -0.488 e. The molecular formula is C16H18N2O3. The Morgan fingerprint density at radius 3 is 3.05 bits per heavy atom. The molecule has 5 nitrogen and oxygen atoms in total. The maximum atomic E-state index is 12.7. The lowest BCUT2D eigenvalue weighted by Crippen LogP contribution is -2.46. The third-order valence-corrected chi connectivity index (χ3v) is 3.89. The number of carbonyl (C=O) groups excluding carboxylic acids is 2. The van der Waals surface area contributed by atoms with Gasteiger partial charge in [-0.1, -0.05) is 18.2 Å². The molecule has 1 atom stereocenters. The first-order chi connectivity index (χ1) is 10.2. The number of hydrogen-bond donors (Lipinski definition) is 1. The van der Waals surface area contributed by atoms with Crippen LogP contribution in [0.25, 0.3) is 6.08 Å². The van der Waals surface area contributed by atoms with Crippen LogP contribution in [-0.4, -0.2) is 42.5 Å². The number of fused-ring (bicyclic) bond motifs is 1. The zero-order valence-electron chi connectivity index (χ0n) is 12.0. The molecule has 0 spiro atoms. The van der Waals surface area contributed by atoms with Gasteiger partial charge in [0.05, 0.1) is 5.57 Å². The summed E-state index contributed by atoms with van der Waals surface area (Å²) in [7, 11) is 0. The van der Waals surface area contributed by atoms with E-state index in [4.69, 9.17) is 4.74 Å². The summed E-state index contributed by atoms with van der Waals surface area (Å²) < 4.78 is 5.63. The number of carbonyl (C=O) groups is 2. The van der Waals surface area contributed by atoms with Crippen molar-refractivity contribution in [1.82, 2.24) is 10.2 Å². The van der Waals surface area contributed by atoms with Crippen LogP contribution >= 0.6 is 0 Å². The summed E-state index contributed by atoms with van der Waals surface area (Å²) >= 11 is 0. The number of rotatable bonds is 1. The monoisotopic (exact) mass is 286 g/mol. The second-order valence-corrected chi connectivity index (χ2v) is 5.32. The summed E-state index contributed by atoms with van der Waals surface area (Å²) in [6.07, 6.45) is 2.63. The normalized spacial score (nSPS) is 21.6. The van der Waals surface area contributed by atoms with Crippen LogP contribution in [0.15, 0.2) is 29.8 Å². The Morgan fingerprint density at radius 2 is 2.19 bits per heavy atom. The van der Waals surface area contributed by atoms with Gasteiger partial charge in [0.2, 0.25) is 5.91 Å². The van der Waals surface area contributed by atoms with E-state index in [1.807, 2.05) is 30.3 Å². The Kier molecular flexibility index (Phi) is 3.64. The molecule has 1 unspecified atom stereocenters. The Labute approximate surface area is 123 Å². The molecular weight excluding hydrogens is 268 g/mol. The maximum Gasteiger partial charge on any atom is 0.253 e. The fourth-order valence-electron chi connectivity index (χ4n) is 2.65. The third-order valence-electron chi connectivity index (χ3n) is 3.89. The molecule has 2 aliphatic rings. The van der Waals surface area contributed by atoms with Crippen LogP contribution in [0, 0.1) is 0 Å². The molecule has 0 aromatic heterocycles. The Bertz CT molecular complexity index is 609. The lowest BCUT2D eigenvalue weighted by molar-refractivity contribution is -0.136. The van der Waals surface area contributed by atoms with E-state index in [1.54, 1.807) is 11.8 Å². The van der Waals surface area contributed by atoms with Crippen LogP contribution in [0.1, 0.15) is 18.9 Å². The molecule has 3 rings (SSSR count). The van der Waals surface area contributed by atoms with Crippen LogP contribution in [0.4, 0.5) is 0 Å². The number of para-hydroxylation sites is 1. The zero-order chi connectivity index (χ0) is 14.8. The highest BCUT2D eigenvalue weighted by Gasteiger charge is 2.30. The van der Waals surface area contributed by atoms with Gasteiger partial charge in [-0.25, -0.2) is 0 Å². The molecule has 5 heteroatoms. The molecule has 0 saturated carbocycles. The van der Waals surface area contributed by atoms with Crippen LogP contribution in [-0.2, 0) is 9.59 Å². The topological polar surface area (TPSA) is 58.6 Å². The zero-order valence-corrected chi connectivity index (χ0v) is 12.0. The van der Waals surface area contributed by atoms with Crippen LogP contribution < -0.4 is 10.1 Å². The first kappa shape index (κ1) is 13.7. The molecule has 21 heavy (non-hydrogen) atoms. The average molecular weight is 286 g/mol. The van der Waals surface area contributed by atoms with Gasteiger partial charge in [-0.05, 0) is 25.5 Å². The van der Waals surface area contributed by atoms with E-state index in [-0.39, 0.29) is 18.4 Å². The quantitative estimate of drug-likeness (QED) is 0.844. The van der Waals surface area contributed by atoms with Gasteiger partial charge < -0.3 is 15.0 Å². The number of amides is 2. The van der Waals surface area contributed by atoms with Crippen molar-refractivity contribution in [3.05, 3.63) is 35.4 Å². The van der Waals surface area contributed by atoms with E-state index in [1.165, 1.54) is 0 Å². The van der Waals surface area contributed by atoms with Gasteiger partial charge in [0.1, 0.15) is 18.4 Å². The van der Waals surface area contributed by atoms with Gasteiger partial charge in [-0.15, -0.1) is 0 Å². The minimum atomic E-state index is -0.446. The molecule has 0 bridgehead atoms. The van der Waals surface area contributed by atoms with Gasteiger partial charge in [-0.3, -0.25) is 9.59 Å². The summed E-state index contributed by atoms with van der Waals surface area (Å²) in [5.41, 5.74) is 1.49. The largest absolute Gasteiger partial charge is 0.488 e. The molecule has 1 aromatic carbocycles. The molecule has 2 heterocycles. The van der Waals surface area contributed by atoms with Crippen LogP contribution in [0.3, 0.4) is 0 Å². The second-order valence-electron chi connectivity index (χ2n) is 5.32. The van der Waals surface area contributed by atoms with Gasteiger partial charge in [0, 0.05) is 18.7 Å². The SMILES string of the molecule is CC1C(=O)NCCCN1C(=O)C1=Cc2ccccc2OC1. The van der Waals surface area contributed by atoms with Crippen LogP contribution in [0.5, 0.6) is 5.75 Å². The Morgan fingerprint density at radius 1 is 1.38 bits per heavy atom. The van der Waals surface area contributed by atoms with E-state index in [0.717, 1.165) is 17.7 Å². The Hall–Kier alpha value is -2.30. The number of benzene rings is 1. The highest BCUT2D eigenvalue weighted by atomic mass is 16.5. The average Bonchev–Trinajstić information content (AvgIpc) is 2.68. The standard InChI is InChI=1S/C16H18N2O3/c1-11-15(19)17-7-4-8-18(11)16(20)13-9-12-5-2-3-6-14(12)21-10-13/h2-3,5-6,9,11H,4,7-8,10H2,1H3,(H,17,19). The highest BCUT2D eigenvalue weighted by Crippen LogP contribution is 2.26. The van der Waals surface area contributed by atoms with Gasteiger partial charge in [-0.2, -0.15) is 0 Å². The van der Waals surface area contributed by atoms with E-state index in [0.29, 0.717) is 18.7 Å². The fourth-order valence-corrected chi connectivity index (χ4v) is 2.65. The molecule has 0 radical (unpaired) electrons. The van der Waals surface area contributed by atoms with Gasteiger partial charge in [0.25, 0.3) is 5.91 Å². The summed E-state index contributed by atoms with van der Waals surface area (Å²) in [5, 5.41) is 2.81. The highest BCUT2D eigenvalue weighted by molar-refractivity contribution is 6.01. The van der Waals surface area contributed by atoms with Crippen molar-refractivity contribution < 1.29 is 14.3 Å². The number of ether oxygens (including phenoxy) is 1. The Balaban J connectivity index is 1.85. The van der Waals surface area contributed by atoms with Crippen molar-refractivity contribution in [1.29, 1.82) is 0 Å². The predicted molar refractivity (Wildman–Crippen MR) is 78.7 cm³/mol. The first-order valence-corrected chi connectivity index (χ1v) is 7.18. The van der Waals surface area contributed by atoms with E-state index in [2.05, 4.69) is 5.32 Å². The summed E-state index contributed by atoms with van der Waals surface area (Å²) in [6, 6.07) is 7.17. The lowest BCUT2D eigenvalue weighted by atomic mass is 10.1. The summed E-state index contributed by atoms with van der Waals surface area (Å²) in [6.45, 7) is 3.21. The number of hydrogen-bond acceptors (Lipinski definition) is 3. The smallest absolute Gasteiger partial charge is 0.253 e. The van der Waals surface area contributed by atoms with Crippen molar-refractivity contribution in [3.8, 4) is 5.75 Å². The first-order valence-electron chi connectivity index (χ1n) is 7.18. The molecule has 1 saturated heterocycles. The van der Waals surface area contributed by atoms with Crippen molar-refractivity contribution in [2.75, 3.05) is 19.7 Å². The van der Waals surface area contributed by atoms with Crippen molar-refractivity contribution >= 4 is 17.9 Å². The lowest BCUT2D eigenvalue weighted by Gasteiger charge is -2.28. The molecule has 0 aliphatic carbocycles. The molecule has 1 fully saturated rings. The fraction of sp³-hybridized carbons (Fsp3) is 0.375. The summed E-state index contributed by atoms with van der Waals surface area (Å²) in [4.78, 5) is 26.2. The van der Waals surface area contributed by atoms with Crippen molar-refractivity contribution in [2.24, 2.45) is 0 Å².